The van der Waals surface area contributed by atoms with Crippen molar-refractivity contribution in [2.45, 2.75) is 29.5 Å². The third-order valence-electron chi connectivity index (χ3n) is 4.00. The van der Waals surface area contributed by atoms with Crippen molar-refractivity contribution in [1.82, 2.24) is 4.31 Å². The number of halogens is 2. The predicted molar refractivity (Wildman–Crippen MR) is 90.8 cm³/mol. The van der Waals surface area contributed by atoms with E-state index in [9.17, 15) is 22.0 Å². The zero-order chi connectivity index (χ0) is 18.0. The van der Waals surface area contributed by atoms with E-state index in [0.717, 1.165) is 23.5 Å². The predicted octanol–water partition coefficient (Wildman–Crippen LogP) is 3.21. The lowest BCUT2D eigenvalue weighted by Gasteiger charge is -2.33. The van der Waals surface area contributed by atoms with E-state index in [-0.39, 0.29) is 16.4 Å². The Kier molecular flexibility index (Phi) is 5.16. The molecule has 1 aromatic carbocycles. The number of hydrogen-bond acceptors (Lipinski definition) is 4. The van der Waals surface area contributed by atoms with E-state index in [2.05, 4.69) is 5.32 Å². The van der Waals surface area contributed by atoms with Gasteiger partial charge in [-0.15, -0.1) is 11.3 Å². The van der Waals surface area contributed by atoms with Crippen LogP contribution >= 0.6 is 11.3 Å². The highest BCUT2D eigenvalue weighted by Gasteiger charge is 2.38. The molecule has 9 heteroatoms. The molecule has 5 nitrogen and oxygen atoms in total. The molecule has 0 aliphatic carbocycles. The van der Waals surface area contributed by atoms with E-state index in [1.807, 2.05) is 0 Å². The monoisotopic (exact) mass is 386 g/mol. The van der Waals surface area contributed by atoms with Crippen LogP contribution in [0.4, 0.5) is 14.5 Å². The lowest BCUT2D eigenvalue weighted by Crippen LogP contribution is -2.49. The minimum absolute atomic E-state index is 0.167. The standard InChI is InChI=1S/C16H16F2N2O3S2/c17-11-6-7-13(12(18)10-11)19-16(21)14-4-1-2-8-20(14)25(22,23)15-5-3-9-24-15/h3,5-7,9-10,14H,1-2,4,8H2,(H,19,21)/t14-/m0/s1. The van der Waals surface area contributed by atoms with Gasteiger partial charge in [0.1, 0.15) is 21.9 Å². The first kappa shape index (κ1) is 18.0. The summed E-state index contributed by atoms with van der Waals surface area (Å²) in [5, 5.41) is 4.02. The third-order valence-corrected chi connectivity index (χ3v) is 7.28. The van der Waals surface area contributed by atoms with E-state index in [1.54, 1.807) is 11.4 Å². The van der Waals surface area contributed by atoms with Crippen molar-refractivity contribution >= 4 is 33.0 Å². The molecule has 0 bridgehead atoms. The number of carbonyl (C=O) groups is 1. The van der Waals surface area contributed by atoms with Crippen LogP contribution < -0.4 is 5.32 Å². The van der Waals surface area contributed by atoms with E-state index in [4.69, 9.17) is 0 Å². The molecule has 25 heavy (non-hydrogen) atoms. The summed E-state index contributed by atoms with van der Waals surface area (Å²) in [5.41, 5.74) is -0.176. The number of anilines is 1. The van der Waals surface area contributed by atoms with Crippen LogP contribution in [-0.4, -0.2) is 31.2 Å². The highest BCUT2D eigenvalue weighted by molar-refractivity contribution is 7.91. The summed E-state index contributed by atoms with van der Waals surface area (Å²) in [7, 11) is -3.78. The number of rotatable bonds is 4. The van der Waals surface area contributed by atoms with E-state index in [1.165, 1.54) is 10.4 Å². The molecule has 1 N–H and O–H groups in total. The number of hydrogen-bond donors (Lipinski definition) is 1. The average Bonchev–Trinajstić information content (AvgIpc) is 3.13. The highest BCUT2D eigenvalue weighted by Crippen LogP contribution is 2.28. The fourth-order valence-corrected chi connectivity index (χ4v) is 5.56. The molecule has 1 fully saturated rings. The Labute approximate surface area is 148 Å². The first-order valence-corrected chi connectivity index (χ1v) is 10.0. The molecule has 0 spiro atoms. The fraction of sp³-hybridized carbons (Fsp3) is 0.312. The Morgan fingerprint density at radius 2 is 2.04 bits per heavy atom. The van der Waals surface area contributed by atoms with Gasteiger partial charge < -0.3 is 5.32 Å². The maximum absolute atomic E-state index is 13.7. The Morgan fingerprint density at radius 3 is 2.72 bits per heavy atom. The molecule has 0 radical (unpaired) electrons. The SMILES string of the molecule is O=C(Nc1ccc(F)cc1F)[C@@H]1CCCCN1S(=O)(=O)c1cccs1. The summed E-state index contributed by atoms with van der Waals surface area (Å²) < 4.78 is 53.6. The molecule has 1 aliphatic rings. The lowest BCUT2D eigenvalue weighted by atomic mass is 10.0. The van der Waals surface area contributed by atoms with Crippen molar-refractivity contribution in [3.63, 3.8) is 0 Å². The lowest BCUT2D eigenvalue weighted by molar-refractivity contribution is -0.120. The van der Waals surface area contributed by atoms with Crippen LogP contribution in [0.5, 0.6) is 0 Å². The van der Waals surface area contributed by atoms with Gasteiger partial charge in [0.25, 0.3) is 10.0 Å². The summed E-state index contributed by atoms with van der Waals surface area (Å²) in [4.78, 5) is 12.6. The summed E-state index contributed by atoms with van der Waals surface area (Å²) >= 11 is 1.08. The van der Waals surface area contributed by atoms with Crippen LogP contribution in [-0.2, 0) is 14.8 Å². The number of thiophene rings is 1. The van der Waals surface area contributed by atoms with Crippen molar-refractivity contribution in [1.29, 1.82) is 0 Å². The average molecular weight is 386 g/mol. The molecule has 1 aliphatic heterocycles. The van der Waals surface area contributed by atoms with Crippen molar-refractivity contribution in [2.75, 3.05) is 11.9 Å². The Hall–Kier alpha value is -1.84. The quantitative estimate of drug-likeness (QED) is 0.878. The molecule has 0 unspecified atom stereocenters. The topological polar surface area (TPSA) is 66.5 Å². The number of benzene rings is 1. The molecule has 0 saturated carbocycles. The number of sulfonamides is 1. The fourth-order valence-electron chi connectivity index (χ4n) is 2.79. The first-order chi connectivity index (χ1) is 11.9. The van der Waals surface area contributed by atoms with E-state index in [0.29, 0.717) is 25.3 Å². The molecule has 2 heterocycles. The Bertz CT molecular complexity index is 870. The van der Waals surface area contributed by atoms with Gasteiger partial charge in [-0.2, -0.15) is 4.31 Å². The van der Waals surface area contributed by atoms with Crippen molar-refractivity contribution in [2.24, 2.45) is 0 Å². The zero-order valence-electron chi connectivity index (χ0n) is 13.1. The molecule has 3 rings (SSSR count). The number of nitrogens with one attached hydrogen (secondary N) is 1. The zero-order valence-corrected chi connectivity index (χ0v) is 14.7. The third kappa shape index (κ3) is 3.73. The Balaban J connectivity index is 1.84. The van der Waals surface area contributed by atoms with Gasteiger partial charge in [0, 0.05) is 12.6 Å². The van der Waals surface area contributed by atoms with Crippen LogP contribution in [0.3, 0.4) is 0 Å². The molecule has 1 aromatic heterocycles. The summed E-state index contributed by atoms with van der Waals surface area (Å²) in [6.45, 7) is 0.226. The molecule has 1 atom stereocenters. The van der Waals surface area contributed by atoms with Gasteiger partial charge in [-0.05, 0) is 36.4 Å². The van der Waals surface area contributed by atoms with Crippen LogP contribution in [0.15, 0.2) is 39.9 Å². The molecular weight excluding hydrogens is 370 g/mol. The summed E-state index contributed by atoms with van der Waals surface area (Å²) in [6.07, 6.45) is 1.69. The minimum atomic E-state index is -3.78. The second-order valence-corrected chi connectivity index (χ2v) is 8.74. The van der Waals surface area contributed by atoms with Gasteiger partial charge in [-0.1, -0.05) is 12.5 Å². The van der Waals surface area contributed by atoms with E-state index < -0.39 is 33.6 Å². The summed E-state index contributed by atoms with van der Waals surface area (Å²) in [5.74, 6) is -2.28. The largest absolute Gasteiger partial charge is 0.322 e. The normalized spacial score (nSPS) is 18.9. The van der Waals surface area contributed by atoms with Gasteiger partial charge in [0.2, 0.25) is 5.91 Å². The summed E-state index contributed by atoms with van der Waals surface area (Å²) in [6, 6.07) is 5.00. The van der Waals surface area contributed by atoms with Gasteiger partial charge in [-0.3, -0.25) is 4.79 Å². The van der Waals surface area contributed by atoms with Crippen molar-refractivity contribution in [3.05, 3.63) is 47.3 Å². The first-order valence-electron chi connectivity index (χ1n) is 7.71. The smallest absolute Gasteiger partial charge is 0.253 e. The van der Waals surface area contributed by atoms with Crippen molar-refractivity contribution in [3.8, 4) is 0 Å². The second-order valence-electron chi connectivity index (χ2n) is 5.67. The Morgan fingerprint density at radius 1 is 1.24 bits per heavy atom. The maximum Gasteiger partial charge on any atom is 0.253 e. The number of carbonyl (C=O) groups excluding carboxylic acids is 1. The van der Waals surface area contributed by atoms with Crippen molar-refractivity contribution < 1.29 is 22.0 Å². The van der Waals surface area contributed by atoms with Gasteiger partial charge in [0.15, 0.2) is 0 Å². The number of nitrogens with zero attached hydrogens (tertiary/aromatic N) is 1. The van der Waals surface area contributed by atoms with Crippen LogP contribution in [0.2, 0.25) is 0 Å². The highest BCUT2D eigenvalue weighted by atomic mass is 32.2. The second kappa shape index (κ2) is 7.19. The molecule has 1 saturated heterocycles. The maximum atomic E-state index is 13.7. The van der Waals surface area contributed by atoms with Crippen LogP contribution in [0.1, 0.15) is 19.3 Å². The molecule has 134 valence electrons. The van der Waals surface area contributed by atoms with Gasteiger partial charge >= 0.3 is 0 Å². The number of amides is 1. The molecule has 2 aromatic rings. The van der Waals surface area contributed by atoms with Crippen LogP contribution in [0, 0.1) is 11.6 Å². The van der Waals surface area contributed by atoms with Gasteiger partial charge in [0.05, 0.1) is 5.69 Å². The number of piperidine rings is 1. The van der Waals surface area contributed by atoms with E-state index >= 15 is 0 Å². The minimum Gasteiger partial charge on any atom is -0.322 e. The molecular formula is C16H16F2N2O3S2. The molecule has 1 amide bonds. The van der Waals surface area contributed by atoms with Gasteiger partial charge in [-0.25, -0.2) is 17.2 Å². The van der Waals surface area contributed by atoms with Crippen LogP contribution in [0.25, 0.3) is 0 Å².